The molecule has 0 aliphatic carbocycles. The minimum absolute atomic E-state index is 0.302. The van der Waals surface area contributed by atoms with Crippen molar-refractivity contribution in [1.29, 1.82) is 0 Å². The summed E-state index contributed by atoms with van der Waals surface area (Å²) in [5, 5.41) is 2.98. The van der Waals surface area contributed by atoms with Crippen LogP contribution in [0, 0.1) is 5.82 Å². The van der Waals surface area contributed by atoms with Gasteiger partial charge in [-0.3, -0.25) is 4.98 Å². The maximum absolute atomic E-state index is 13.5. The summed E-state index contributed by atoms with van der Waals surface area (Å²) >= 11 is 0. The third kappa shape index (κ3) is 2.93. The smallest absolute Gasteiger partial charge is 0.184 e. The lowest BCUT2D eigenvalue weighted by Gasteiger charge is -2.12. The second-order valence-electron chi connectivity index (χ2n) is 3.83. The third-order valence-corrected chi connectivity index (χ3v) is 2.69. The van der Waals surface area contributed by atoms with Crippen LogP contribution in [0.15, 0.2) is 36.5 Å². The third-order valence-electron chi connectivity index (χ3n) is 2.69. The van der Waals surface area contributed by atoms with Crippen LogP contribution in [0.5, 0.6) is 11.5 Å². The topological polar surface area (TPSA) is 43.4 Å². The van der Waals surface area contributed by atoms with Gasteiger partial charge in [0.2, 0.25) is 0 Å². The lowest BCUT2D eigenvalue weighted by Crippen LogP contribution is -2.06. The Morgan fingerprint density at radius 2 is 1.95 bits per heavy atom. The molecule has 2 rings (SSSR count). The summed E-state index contributed by atoms with van der Waals surface area (Å²) in [5.41, 5.74) is 1.08. The average Bonchev–Trinajstić information content (AvgIpc) is 2.45. The van der Waals surface area contributed by atoms with Crippen LogP contribution in [0.25, 0.3) is 0 Å². The maximum atomic E-state index is 13.5. The molecule has 0 unspecified atom stereocenters. The van der Waals surface area contributed by atoms with E-state index in [1.807, 2.05) is 0 Å². The largest absolute Gasteiger partial charge is 0.493 e. The lowest BCUT2D eigenvalue weighted by molar-refractivity contribution is 0.350. The Bertz CT molecular complexity index is 561. The fourth-order valence-corrected chi connectivity index (χ4v) is 1.76. The zero-order valence-corrected chi connectivity index (χ0v) is 10.8. The normalized spacial score (nSPS) is 10.1. The van der Waals surface area contributed by atoms with E-state index in [0.29, 0.717) is 29.4 Å². The number of hydrogen-bond donors (Lipinski definition) is 1. The van der Waals surface area contributed by atoms with Gasteiger partial charge in [0.1, 0.15) is 11.5 Å². The van der Waals surface area contributed by atoms with Crippen molar-refractivity contribution in [2.45, 2.75) is 6.54 Å². The molecule has 0 spiro atoms. The monoisotopic (exact) mass is 262 g/mol. The summed E-state index contributed by atoms with van der Waals surface area (Å²) in [6.45, 7) is 0.349. The molecule has 1 aromatic carbocycles. The summed E-state index contributed by atoms with van der Waals surface area (Å²) < 4.78 is 23.9. The fourth-order valence-electron chi connectivity index (χ4n) is 1.76. The number of nitrogens with one attached hydrogen (secondary N) is 1. The van der Waals surface area contributed by atoms with Crippen molar-refractivity contribution in [2.75, 3.05) is 19.5 Å². The Morgan fingerprint density at radius 1 is 1.16 bits per heavy atom. The van der Waals surface area contributed by atoms with E-state index in [1.165, 1.54) is 6.07 Å². The number of benzene rings is 1. The molecule has 0 fully saturated rings. The Labute approximate surface area is 111 Å². The number of rotatable bonds is 5. The number of anilines is 1. The molecule has 19 heavy (non-hydrogen) atoms. The number of para-hydroxylation sites is 1. The van der Waals surface area contributed by atoms with Gasteiger partial charge in [0.25, 0.3) is 0 Å². The predicted octanol–water partition coefficient (Wildman–Crippen LogP) is 2.85. The van der Waals surface area contributed by atoms with E-state index < -0.39 is 0 Å². The molecule has 0 amide bonds. The lowest BCUT2D eigenvalue weighted by atomic mass is 10.2. The van der Waals surface area contributed by atoms with E-state index in [1.54, 1.807) is 44.7 Å². The van der Waals surface area contributed by atoms with Crippen LogP contribution in [0.3, 0.4) is 0 Å². The molecule has 0 radical (unpaired) electrons. The fraction of sp³-hybridized carbons (Fsp3) is 0.214. The zero-order valence-electron chi connectivity index (χ0n) is 10.8. The maximum Gasteiger partial charge on any atom is 0.184 e. The van der Waals surface area contributed by atoms with Crippen molar-refractivity contribution < 1.29 is 13.9 Å². The number of aromatic nitrogens is 1. The van der Waals surface area contributed by atoms with Crippen molar-refractivity contribution in [3.05, 3.63) is 48.0 Å². The van der Waals surface area contributed by atoms with E-state index in [2.05, 4.69) is 10.3 Å². The highest BCUT2D eigenvalue weighted by Gasteiger charge is 2.11. The van der Waals surface area contributed by atoms with Crippen LogP contribution in [-0.2, 0) is 6.54 Å². The molecule has 1 aromatic heterocycles. The highest BCUT2D eigenvalue weighted by molar-refractivity contribution is 5.48. The number of nitrogens with zero attached hydrogens (tertiary/aromatic N) is 1. The quantitative estimate of drug-likeness (QED) is 0.899. The van der Waals surface area contributed by atoms with Crippen molar-refractivity contribution in [3.63, 3.8) is 0 Å². The first kappa shape index (κ1) is 13.1. The average molecular weight is 262 g/mol. The molecular formula is C14H15FN2O2. The molecule has 100 valence electrons. The molecule has 0 aliphatic heterocycles. The van der Waals surface area contributed by atoms with Crippen molar-refractivity contribution in [1.82, 2.24) is 4.98 Å². The molecule has 0 aliphatic rings. The Balaban J connectivity index is 2.18. The van der Waals surface area contributed by atoms with E-state index >= 15 is 0 Å². The van der Waals surface area contributed by atoms with Gasteiger partial charge in [0.15, 0.2) is 11.5 Å². The van der Waals surface area contributed by atoms with Gasteiger partial charge >= 0.3 is 0 Å². The summed E-state index contributed by atoms with van der Waals surface area (Å²) in [6.07, 6.45) is 1.62. The molecular weight excluding hydrogens is 247 g/mol. The van der Waals surface area contributed by atoms with Gasteiger partial charge in [-0.15, -0.1) is 0 Å². The van der Waals surface area contributed by atoms with Gasteiger partial charge < -0.3 is 14.8 Å². The van der Waals surface area contributed by atoms with E-state index in [0.717, 1.165) is 0 Å². The summed E-state index contributed by atoms with van der Waals surface area (Å²) in [7, 11) is 3.11. The molecule has 0 saturated carbocycles. The summed E-state index contributed by atoms with van der Waals surface area (Å²) in [6, 6.07) is 8.19. The van der Waals surface area contributed by atoms with E-state index in [4.69, 9.17) is 9.47 Å². The first-order valence-electron chi connectivity index (χ1n) is 5.80. The minimum Gasteiger partial charge on any atom is -0.493 e. The zero-order chi connectivity index (χ0) is 13.7. The first-order chi connectivity index (χ1) is 9.26. The van der Waals surface area contributed by atoms with Crippen LogP contribution in [0.2, 0.25) is 0 Å². The van der Waals surface area contributed by atoms with Gasteiger partial charge in [0, 0.05) is 12.3 Å². The molecule has 1 heterocycles. The first-order valence-corrected chi connectivity index (χ1v) is 5.80. The van der Waals surface area contributed by atoms with Crippen molar-refractivity contribution in [3.8, 4) is 11.5 Å². The Kier molecular flexibility index (Phi) is 4.18. The van der Waals surface area contributed by atoms with Crippen LogP contribution in [0.1, 0.15) is 5.69 Å². The second-order valence-corrected chi connectivity index (χ2v) is 3.83. The van der Waals surface area contributed by atoms with E-state index in [9.17, 15) is 4.39 Å². The molecule has 0 atom stereocenters. The number of ether oxygens (including phenoxy) is 2. The standard InChI is InChI=1S/C14H15FN2O2/c1-18-13-7-8-16-12(14(13)19-2)9-17-11-6-4-3-5-10(11)15/h3-8,17H,9H2,1-2H3. The highest BCUT2D eigenvalue weighted by Crippen LogP contribution is 2.29. The molecule has 2 aromatic rings. The SMILES string of the molecule is COc1ccnc(CNc2ccccc2F)c1OC. The summed E-state index contributed by atoms with van der Waals surface area (Å²) in [4.78, 5) is 4.21. The van der Waals surface area contributed by atoms with Gasteiger partial charge in [-0.1, -0.05) is 12.1 Å². The highest BCUT2D eigenvalue weighted by atomic mass is 19.1. The Hall–Kier alpha value is -2.30. The van der Waals surface area contributed by atoms with Crippen molar-refractivity contribution in [2.24, 2.45) is 0 Å². The van der Waals surface area contributed by atoms with E-state index in [-0.39, 0.29) is 5.82 Å². The van der Waals surface area contributed by atoms with Gasteiger partial charge in [-0.2, -0.15) is 0 Å². The van der Waals surface area contributed by atoms with Crippen LogP contribution in [0.4, 0.5) is 10.1 Å². The summed E-state index contributed by atoms with van der Waals surface area (Å²) in [5.74, 6) is 0.848. The minimum atomic E-state index is -0.302. The van der Waals surface area contributed by atoms with Crippen LogP contribution >= 0.6 is 0 Å². The van der Waals surface area contributed by atoms with Gasteiger partial charge in [-0.25, -0.2) is 4.39 Å². The predicted molar refractivity (Wildman–Crippen MR) is 71.1 cm³/mol. The number of hydrogen-bond acceptors (Lipinski definition) is 4. The van der Waals surface area contributed by atoms with Crippen LogP contribution < -0.4 is 14.8 Å². The number of pyridine rings is 1. The molecule has 5 heteroatoms. The second kappa shape index (κ2) is 6.04. The van der Waals surface area contributed by atoms with Crippen molar-refractivity contribution >= 4 is 5.69 Å². The number of methoxy groups -OCH3 is 2. The van der Waals surface area contributed by atoms with Gasteiger partial charge in [0.05, 0.1) is 26.5 Å². The molecule has 1 N–H and O–H groups in total. The van der Waals surface area contributed by atoms with Gasteiger partial charge in [-0.05, 0) is 12.1 Å². The Morgan fingerprint density at radius 3 is 2.63 bits per heavy atom. The molecule has 4 nitrogen and oxygen atoms in total. The molecule has 0 saturated heterocycles. The molecule has 0 bridgehead atoms. The number of halogens is 1. The van der Waals surface area contributed by atoms with Crippen LogP contribution in [-0.4, -0.2) is 19.2 Å².